The molecule has 0 heterocycles. The summed E-state index contributed by atoms with van der Waals surface area (Å²) in [5, 5.41) is 11.4. The van der Waals surface area contributed by atoms with Gasteiger partial charge in [-0.15, -0.1) is 0 Å². The average Bonchev–Trinajstić information content (AvgIpc) is 2.84. The van der Waals surface area contributed by atoms with E-state index in [9.17, 15) is 9.59 Å². The Morgan fingerprint density at radius 1 is 0.946 bits per heavy atom. The standard InChI is InChI=1S/C32H39NO4/c1-21(2)19-29(24-8-10-25(11-9-24)31(36)33-18-17-30(34)35)37-27-16-7-22(3)28(20-27)23-12-14-26(15-13-23)32(4,5)6/h7-16,20-21,29H,17-19H2,1-6H3,(H,33,36)(H,34,35). The minimum absolute atomic E-state index is 0.101. The maximum Gasteiger partial charge on any atom is 0.305 e. The molecule has 37 heavy (non-hydrogen) atoms. The second-order valence-electron chi connectivity index (χ2n) is 11.1. The third kappa shape index (κ3) is 7.94. The SMILES string of the molecule is Cc1ccc(OC(CC(C)C)c2ccc(C(=O)NCCC(=O)O)cc2)cc1-c1ccc(C(C)(C)C)cc1. The second kappa shape index (κ2) is 12.1. The predicted molar refractivity (Wildman–Crippen MR) is 149 cm³/mol. The number of carboxylic acids is 1. The van der Waals surface area contributed by atoms with Gasteiger partial charge in [0.2, 0.25) is 0 Å². The van der Waals surface area contributed by atoms with Gasteiger partial charge in [0.1, 0.15) is 11.9 Å². The molecule has 0 aliphatic heterocycles. The molecule has 0 radical (unpaired) electrons. The normalized spacial score (nSPS) is 12.3. The van der Waals surface area contributed by atoms with Crippen LogP contribution in [0.3, 0.4) is 0 Å². The molecule has 0 fully saturated rings. The van der Waals surface area contributed by atoms with Gasteiger partial charge in [-0.3, -0.25) is 9.59 Å². The van der Waals surface area contributed by atoms with Crippen molar-refractivity contribution in [3.05, 3.63) is 89.0 Å². The van der Waals surface area contributed by atoms with Crippen LogP contribution in [0.5, 0.6) is 5.75 Å². The highest BCUT2D eigenvalue weighted by Crippen LogP contribution is 2.33. The number of hydrogen-bond acceptors (Lipinski definition) is 3. The predicted octanol–water partition coefficient (Wildman–Crippen LogP) is 7.33. The number of carbonyl (C=O) groups excluding carboxylic acids is 1. The van der Waals surface area contributed by atoms with Crippen LogP contribution in [0, 0.1) is 12.8 Å². The Kier molecular flexibility index (Phi) is 9.14. The van der Waals surface area contributed by atoms with Gasteiger partial charge in [0, 0.05) is 12.1 Å². The molecule has 1 atom stereocenters. The minimum atomic E-state index is -0.939. The average molecular weight is 502 g/mol. The maximum atomic E-state index is 12.3. The van der Waals surface area contributed by atoms with E-state index in [1.807, 2.05) is 18.2 Å². The summed E-state index contributed by atoms with van der Waals surface area (Å²) in [7, 11) is 0. The fourth-order valence-electron chi connectivity index (χ4n) is 4.21. The van der Waals surface area contributed by atoms with Crippen LogP contribution in [0.4, 0.5) is 0 Å². The molecule has 0 saturated carbocycles. The van der Waals surface area contributed by atoms with E-state index in [1.165, 1.54) is 11.1 Å². The summed E-state index contributed by atoms with van der Waals surface area (Å²) in [4.78, 5) is 23.0. The number of aliphatic carboxylic acids is 1. The Labute approximate surface area is 220 Å². The van der Waals surface area contributed by atoms with Crippen molar-refractivity contribution in [1.29, 1.82) is 0 Å². The van der Waals surface area contributed by atoms with Gasteiger partial charge >= 0.3 is 5.97 Å². The number of aryl methyl sites for hydroxylation is 1. The molecule has 5 heteroatoms. The van der Waals surface area contributed by atoms with Gasteiger partial charge in [0.25, 0.3) is 5.91 Å². The van der Waals surface area contributed by atoms with Crippen LogP contribution >= 0.6 is 0 Å². The quantitative estimate of drug-likeness (QED) is 0.305. The highest BCUT2D eigenvalue weighted by Gasteiger charge is 2.18. The van der Waals surface area contributed by atoms with E-state index in [0.29, 0.717) is 11.5 Å². The molecule has 2 N–H and O–H groups in total. The summed E-state index contributed by atoms with van der Waals surface area (Å²) in [6, 6.07) is 22.3. The molecule has 3 aromatic rings. The summed E-state index contributed by atoms with van der Waals surface area (Å²) in [6.07, 6.45) is 0.559. The first-order valence-corrected chi connectivity index (χ1v) is 12.9. The molecule has 1 amide bonds. The van der Waals surface area contributed by atoms with Crippen LogP contribution in [0.1, 0.15) is 80.6 Å². The summed E-state index contributed by atoms with van der Waals surface area (Å²) < 4.78 is 6.53. The first kappa shape index (κ1) is 28.0. The van der Waals surface area contributed by atoms with E-state index in [0.717, 1.165) is 28.9 Å². The number of rotatable bonds is 10. The van der Waals surface area contributed by atoms with Crippen molar-refractivity contribution in [2.45, 2.75) is 65.9 Å². The fraction of sp³-hybridized carbons (Fsp3) is 0.375. The highest BCUT2D eigenvalue weighted by atomic mass is 16.5. The number of nitrogens with one attached hydrogen (secondary N) is 1. The molecule has 0 spiro atoms. The monoisotopic (exact) mass is 501 g/mol. The van der Waals surface area contributed by atoms with Gasteiger partial charge < -0.3 is 15.2 Å². The topological polar surface area (TPSA) is 75.6 Å². The largest absolute Gasteiger partial charge is 0.486 e. The molecule has 1 unspecified atom stereocenters. The lowest BCUT2D eigenvalue weighted by Crippen LogP contribution is -2.26. The van der Waals surface area contributed by atoms with Crippen LogP contribution in [0.25, 0.3) is 11.1 Å². The van der Waals surface area contributed by atoms with Crippen LogP contribution < -0.4 is 10.1 Å². The van der Waals surface area contributed by atoms with E-state index >= 15 is 0 Å². The zero-order chi connectivity index (χ0) is 27.2. The minimum Gasteiger partial charge on any atom is -0.486 e. The molecule has 3 rings (SSSR count). The molecule has 5 nitrogen and oxygen atoms in total. The van der Waals surface area contributed by atoms with E-state index < -0.39 is 5.97 Å². The van der Waals surface area contributed by atoms with E-state index in [-0.39, 0.29) is 30.4 Å². The molecular formula is C32H39NO4. The van der Waals surface area contributed by atoms with E-state index in [4.69, 9.17) is 9.84 Å². The van der Waals surface area contributed by atoms with Crippen LogP contribution in [-0.4, -0.2) is 23.5 Å². The molecule has 0 aliphatic carbocycles. The summed E-state index contributed by atoms with van der Waals surface area (Å²) in [5.41, 5.74) is 6.40. The molecule has 3 aromatic carbocycles. The number of carboxylic acid groups (broad SMARTS) is 1. The third-order valence-electron chi connectivity index (χ3n) is 6.40. The molecule has 0 bridgehead atoms. The van der Waals surface area contributed by atoms with E-state index in [2.05, 4.69) is 83.3 Å². The van der Waals surface area contributed by atoms with Crippen molar-refractivity contribution < 1.29 is 19.4 Å². The Morgan fingerprint density at radius 2 is 1.59 bits per heavy atom. The number of hydrogen-bond donors (Lipinski definition) is 2. The Hall–Kier alpha value is -3.60. The van der Waals surface area contributed by atoms with Crippen molar-refractivity contribution in [2.24, 2.45) is 5.92 Å². The highest BCUT2D eigenvalue weighted by molar-refractivity contribution is 5.94. The number of benzene rings is 3. The van der Waals surface area contributed by atoms with Gasteiger partial charge in [0.05, 0.1) is 6.42 Å². The maximum absolute atomic E-state index is 12.3. The van der Waals surface area contributed by atoms with Gasteiger partial charge in [-0.1, -0.05) is 77.1 Å². The summed E-state index contributed by atoms with van der Waals surface area (Å²) in [6.45, 7) is 13.2. The third-order valence-corrected chi connectivity index (χ3v) is 6.40. The van der Waals surface area contributed by atoms with E-state index in [1.54, 1.807) is 12.1 Å². The van der Waals surface area contributed by atoms with Crippen LogP contribution in [0.2, 0.25) is 0 Å². The Morgan fingerprint density at radius 3 is 2.16 bits per heavy atom. The lowest BCUT2D eigenvalue weighted by atomic mass is 9.86. The van der Waals surface area contributed by atoms with Gasteiger partial charge in [-0.25, -0.2) is 0 Å². The fourth-order valence-corrected chi connectivity index (χ4v) is 4.21. The Bertz CT molecular complexity index is 1210. The van der Waals surface area contributed by atoms with Gasteiger partial charge in [-0.2, -0.15) is 0 Å². The second-order valence-corrected chi connectivity index (χ2v) is 11.1. The molecule has 196 valence electrons. The first-order chi connectivity index (χ1) is 17.4. The van der Waals surface area contributed by atoms with Crippen molar-refractivity contribution in [3.63, 3.8) is 0 Å². The zero-order valence-electron chi connectivity index (χ0n) is 22.8. The van der Waals surface area contributed by atoms with Crippen molar-refractivity contribution in [1.82, 2.24) is 5.32 Å². The van der Waals surface area contributed by atoms with Crippen LogP contribution in [0.15, 0.2) is 66.7 Å². The van der Waals surface area contributed by atoms with Gasteiger partial charge in [-0.05, 0) is 76.8 Å². The molecule has 0 aromatic heterocycles. The lowest BCUT2D eigenvalue weighted by molar-refractivity contribution is -0.136. The number of ether oxygens (including phenoxy) is 1. The van der Waals surface area contributed by atoms with Crippen molar-refractivity contribution >= 4 is 11.9 Å². The number of amides is 1. The van der Waals surface area contributed by atoms with Crippen molar-refractivity contribution in [2.75, 3.05) is 6.54 Å². The number of carbonyl (C=O) groups is 2. The molecular weight excluding hydrogens is 462 g/mol. The van der Waals surface area contributed by atoms with Crippen LogP contribution in [-0.2, 0) is 10.2 Å². The summed E-state index contributed by atoms with van der Waals surface area (Å²) in [5.74, 6) is 0.000728. The summed E-state index contributed by atoms with van der Waals surface area (Å²) >= 11 is 0. The first-order valence-electron chi connectivity index (χ1n) is 12.9. The van der Waals surface area contributed by atoms with Gasteiger partial charge in [0.15, 0.2) is 0 Å². The zero-order valence-corrected chi connectivity index (χ0v) is 22.8. The van der Waals surface area contributed by atoms with Crippen molar-refractivity contribution in [3.8, 4) is 16.9 Å². The molecule has 0 aliphatic rings. The smallest absolute Gasteiger partial charge is 0.305 e. The molecule has 0 saturated heterocycles. The lowest BCUT2D eigenvalue weighted by Gasteiger charge is -2.23. The Balaban J connectivity index is 1.80.